The molecule has 3 nitrogen and oxygen atoms in total. The molecule has 0 aromatic rings. The Kier molecular flexibility index (Phi) is 3.12. The summed E-state index contributed by atoms with van der Waals surface area (Å²) >= 11 is 0. The summed E-state index contributed by atoms with van der Waals surface area (Å²) in [5.74, 6) is -0.502. The molecule has 3 heteroatoms. The van der Waals surface area contributed by atoms with Gasteiger partial charge in [0.05, 0.1) is 6.61 Å². The van der Waals surface area contributed by atoms with Gasteiger partial charge in [-0.2, -0.15) is 0 Å². The van der Waals surface area contributed by atoms with E-state index in [1.165, 1.54) is 6.92 Å². The molecule has 0 unspecified atom stereocenters. The number of carbonyl (C=O) groups excluding carboxylic acids is 1. The van der Waals surface area contributed by atoms with Crippen LogP contribution in [0.2, 0.25) is 0 Å². The lowest BCUT2D eigenvalue weighted by atomic mass is 10.1. The predicted octanol–water partition coefficient (Wildman–Crippen LogP) is -0.515. The number of aliphatic hydroxyl groups is 2. The second kappa shape index (κ2) is 3.37. The first-order valence-electron chi connectivity index (χ1n) is 2.58. The van der Waals surface area contributed by atoms with Crippen LogP contribution in [0.5, 0.6) is 0 Å². The molecule has 52 valence electrons. The quantitative estimate of drug-likeness (QED) is 0.505. The molecule has 2 N–H and O–H groups in total. The molecular formula is C6H10O3. The van der Waals surface area contributed by atoms with Crippen molar-refractivity contribution in [2.24, 2.45) is 0 Å². The fourth-order valence-electron chi connectivity index (χ4n) is 0.367. The highest BCUT2D eigenvalue weighted by Crippen LogP contribution is 1.94. The maximum absolute atomic E-state index is 10.6. The van der Waals surface area contributed by atoms with Crippen molar-refractivity contribution in [1.29, 1.82) is 0 Å². The average molecular weight is 130 g/mol. The van der Waals surface area contributed by atoms with Gasteiger partial charge in [-0.05, 0) is 12.5 Å². The van der Waals surface area contributed by atoms with Crippen LogP contribution in [0.25, 0.3) is 0 Å². The molecule has 0 aliphatic carbocycles. The Labute approximate surface area is 53.6 Å². The number of aliphatic hydroxyl groups excluding tert-OH is 2. The fraction of sp³-hybridized carbons (Fsp3) is 0.500. The molecule has 0 radical (unpaired) electrons. The van der Waals surface area contributed by atoms with Gasteiger partial charge in [-0.25, -0.2) is 0 Å². The van der Waals surface area contributed by atoms with E-state index in [9.17, 15) is 4.79 Å². The van der Waals surface area contributed by atoms with Gasteiger partial charge in [0.1, 0.15) is 6.10 Å². The average Bonchev–Trinajstić information content (AvgIpc) is 1.84. The minimum atomic E-state index is -1.29. The van der Waals surface area contributed by atoms with Crippen molar-refractivity contribution >= 4 is 5.78 Å². The van der Waals surface area contributed by atoms with Gasteiger partial charge in [-0.3, -0.25) is 4.79 Å². The standard InChI is InChI=1S/C6H10O3/c1-4(2)6(9)5(8)3-7/h5,7-8H,1,3H2,2H3/t5-/m0/s1. The third-order valence-electron chi connectivity index (χ3n) is 0.896. The Bertz CT molecular complexity index is 128. The zero-order valence-corrected chi connectivity index (χ0v) is 5.29. The second-order valence-corrected chi connectivity index (χ2v) is 1.84. The molecular weight excluding hydrogens is 120 g/mol. The molecule has 0 saturated heterocycles. The molecule has 1 atom stereocenters. The molecule has 0 amide bonds. The van der Waals surface area contributed by atoms with Crippen LogP contribution in [0.4, 0.5) is 0 Å². The maximum Gasteiger partial charge on any atom is 0.188 e. The van der Waals surface area contributed by atoms with Gasteiger partial charge in [-0.1, -0.05) is 6.58 Å². The first-order chi connectivity index (χ1) is 4.09. The summed E-state index contributed by atoms with van der Waals surface area (Å²) < 4.78 is 0. The topological polar surface area (TPSA) is 57.5 Å². The lowest BCUT2D eigenvalue weighted by Crippen LogP contribution is -2.24. The van der Waals surface area contributed by atoms with Crippen molar-refractivity contribution in [2.75, 3.05) is 6.61 Å². The number of hydrogen-bond acceptors (Lipinski definition) is 3. The molecule has 0 bridgehead atoms. The van der Waals surface area contributed by atoms with Gasteiger partial charge >= 0.3 is 0 Å². The molecule has 0 fully saturated rings. The fourth-order valence-corrected chi connectivity index (χ4v) is 0.367. The molecule has 0 heterocycles. The summed E-state index contributed by atoms with van der Waals surface area (Å²) in [5.41, 5.74) is 0.261. The van der Waals surface area contributed by atoms with E-state index in [1.807, 2.05) is 0 Å². The molecule has 9 heavy (non-hydrogen) atoms. The van der Waals surface area contributed by atoms with Crippen LogP contribution in [0.1, 0.15) is 6.92 Å². The molecule has 0 aromatic carbocycles. The van der Waals surface area contributed by atoms with Crippen LogP contribution in [0, 0.1) is 0 Å². The Balaban J connectivity index is 3.88. The molecule has 0 rings (SSSR count). The van der Waals surface area contributed by atoms with Crippen LogP contribution in [0.15, 0.2) is 12.2 Å². The molecule has 0 spiro atoms. The first-order valence-corrected chi connectivity index (χ1v) is 2.58. The Morgan fingerprint density at radius 2 is 2.22 bits per heavy atom. The van der Waals surface area contributed by atoms with Crippen LogP contribution in [-0.2, 0) is 4.79 Å². The minimum Gasteiger partial charge on any atom is -0.393 e. The van der Waals surface area contributed by atoms with Crippen molar-refractivity contribution in [2.45, 2.75) is 13.0 Å². The summed E-state index contributed by atoms with van der Waals surface area (Å²) in [6.07, 6.45) is -1.29. The van der Waals surface area contributed by atoms with Crippen molar-refractivity contribution in [3.63, 3.8) is 0 Å². The van der Waals surface area contributed by atoms with Crippen molar-refractivity contribution < 1.29 is 15.0 Å². The summed E-state index contributed by atoms with van der Waals surface area (Å²) in [5, 5.41) is 16.9. The first kappa shape index (κ1) is 8.33. The number of Topliss-reactive ketones (excluding diaryl/α,β-unsaturated/α-hetero) is 1. The number of rotatable bonds is 3. The van der Waals surface area contributed by atoms with Gasteiger partial charge in [0.15, 0.2) is 5.78 Å². The lowest BCUT2D eigenvalue weighted by molar-refractivity contribution is -0.124. The van der Waals surface area contributed by atoms with E-state index in [1.54, 1.807) is 0 Å². The van der Waals surface area contributed by atoms with E-state index >= 15 is 0 Å². The van der Waals surface area contributed by atoms with E-state index < -0.39 is 18.5 Å². The summed E-state index contributed by atoms with van der Waals surface area (Å²) in [7, 11) is 0. The lowest BCUT2D eigenvalue weighted by Gasteiger charge is -2.03. The summed E-state index contributed by atoms with van der Waals surface area (Å²) in [6.45, 7) is 4.25. The van der Waals surface area contributed by atoms with Crippen molar-refractivity contribution in [1.82, 2.24) is 0 Å². The highest BCUT2D eigenvalue weighted by molar-refractivity contribution is 5.97. The minimum absolute atomic E-state index is 0.261. The Hall–Kier alpha value is -0.670. The normalized spacial score (nSPS) is 12.8. The number of carbonyl (C=O) groups is 1. The van der Waals surface area contributed by atoms with Gasteiger partial charge in [0.25, 0.3) is 0 Å². The van der Waals surface area contributed by atoms with E-state index in [4.69, 9.17) is 10.2 Å². The van der Waals surface area contributed by atoms with Crippen LogP contribution in [0.3, 0.4) is 0 Å². The summed E-state index contributed by atoms with van der Waals surface area (Å²) in [4.78, 5) is 10.6. The third kappa shape index (κ3) is 2.39. The monoisotopic (exact) mass is 130 g/mol. The van der Waals surface area contributed by atoms with Gasteiger partial charge < -0.3 is 10.2 Å². The number of hydrogen-bond donors (Lipinski definition) is 2. The van der Waals surface area contributed by atoms with Crippen LogP contribution >= 0.6 is 0 Å². The largest absolute Gasteiger partial charge is 0.393 e. The van der Waals surface area contributed by atoms with Gasteiger partial charge in [-0.15, -0.1) is 0 Å². The predicted molar refractivity (Wildman–Crippen MR) is 32.9 cm³/mol. The second-order valence-electron chi connectivity index (χ2n) is 1.84. The van der Waals surface area contributed by atoms with Crippen LogP contribution < -0.4 is 0 Å². The molecule has 0 aliphatic rings. The van der Waals surface area contributed by atoms with Gasteiger partial charge in [0.2, 0.25) is 0 Å². The van der Waals surface area contributed by atoms with E-state index in [2.05, 4.69) is 6.58 Å². The smallest absolute Gasteiger partial charge is 0.188 e. The van der Waals surface area contributed by atoms with E-state index in [0.29, 0.717) is 0 Å². The number of ketones is 1. The maximum atomic E-state index is 10.6. The summed E-state index contributed by atoms with van der Waals surface area (Å²) in [6, 6.07) is 0. The van der Waals surface area contributed by atoms with Gasteiger partial charge in [0, 0.05) is 0 Å². The van der Waals surface area contributed by atoms with Crippen molar-refractivity contribution in [3.05, 3.63) is 12.2 Å². The highest BCUT2D eigenvalue weighted by atomic mass is 16.3. The SMILES string of the molecule is C=C(C)C(=O)[C@@H](O)CO. The third-order valence-corrected chi connectivity index (χ3v) is 0.896. The molecule has 0 aromatic heterocycles. The Morgan fingerprint density at radius 1 is 1.78 bits per heavy atom. The molecule has 0 saturated carbocycles. The van der Waals surface area contributed by atoms with Crippen molar-refractivity contribution in [3.8, 4) is 0 Å². The highest BCUT2D eigenvalue weighted by Gasteiger charge is 2.12. The van der Waals surface area contributed by atoms with E-state index in [-0.39, 0.29) is 5.57 Å². The zero-order chi connectivity index (χ0) is 7.44. The van der Waals surface area contributed by atoms with Crippen LogP contribution in [-0.4, -0.2) is 28.7 Å². The van der Waals surface area contributed by atoms with E-state index in [0.717, 1.165) is 0 Å². The molecule has 0 aliphatic heterocycles. The Morgan fingerprint density at radius 3 is 2.33 bits per heavy atom. The zero-order valence-electron chi connectivity index (χ0n) is 5.29.